The second kappa shape index (κ2) is 7.09. The Morgan fingerprint density at radius 3 is 2.73 bits per heavy atom. The standard InChI is InChI=1S/C21H30N2O3/c1-16-18(8-13-26-16)19(24)23-12-10-21(15-23)9-5-11-22(20(21)25)14-17-6-3-2-4-7-17/h8,13,17H,2-7,9-12,14-15H2,1H3/t21-/m0/s1. The topological polar surface area (TPSA) is 53.8 Å². The van der Waals surface area contributed by atoms with Crippen molar-refractivity contribution in [1.82, 2.24) is 9.80 Å². The van der Waals surface area contributed by atoms with E-state index >= 15 is 0 Å². The van der Waals surface area contributed by atoms with Crippen LogP contribution in [-0.4, -0.2) is 47.8 Å². The highest BCUT2D eigenvalue weighted by Gasteiger charge is 2.49. The summed E-state index contributed by atoms with van der Waals surface area (Å²) in [6.07, 6.45) is 10.8. The molecule has 1 atom stereocenters. The molecule has 1 aromatic rings. The maximum absolute atomic E-state index is 13.3. The van der Waals surface area contributed by atoms with E-state index in [2.05, 4.69) is 4.90 Å². The lowest BCUT2D eigenvalue weighted by atomic mass is 9.77. The largest absolute Gasteiger partial charge is 0.469 e. The van der Waals surface area contributed by atoms with Crippen LogP contribution in [0.4, 0.5) is 0 Å². The van der Waals surface area contributed by atoms with Gasteiger partial charge in [0.2, 0.25) is 5.91 Å². The molecule has 0 N–H and O–H groups in total. The molecule has 3 heterocycles. The first-order valence-electron chi connectivity index (χ1n) is 10.2. The zero-order chi connectivity index (χ0) is 18.1. The van der Waals surface area contributed by atoms with Gasteiger partial charge in [-0.3, -0.25) is 9.59 Å². The van der Waals surface area contributed by atoms with Crippen LogP contribution < -0.4 is 0 Å². The molecule has 3 fully saturated rings. The molecular weight excluding hydrogens is 328 g/mol. The minimum Gasteiger partial charge on any atom is -0.469 e. The van der Waals surface area contributed by atoms with Gasteiger partial charge in [-0.15, -0.1) is 0 Å². The van der Waals surface area contributed by atoms with Gasteiger partial charge in [-0.05, 0) is 51.0 Å². The van der Waals surface area contributed by atoms with Crippen LogP contribution in [0, 0.1) is 18.3 Å². The van der Waals surface area contributed by atoms with E-state index in [9.17, 15) is 9.59 Å². The van der Waals surface area contributed by atoms with Crippen LogP contribution in [0.15, 0.2) is 16.7 Å². The Balaban J connectivity index is 1.43. The van der Waals surface area contributed by atoms with Crippen molar-refractivity contribution in [3.05, 3.63) is 23.7 Å². The fourth-order valence-corrected chi connectivity index (χ4v) is 5.21. The summed E-state index contributed by atoms with van der Waals surface area (Å²) in [6, 6.07) is 1.74. The lowest BCUT2D eigenvalue weighted by molar-refractivity contribution is -0.146. The van der Waals surface area contributed by atoms with E-state index in [1.807, 2.05) is 11.8 Å². The lowest BCUT2D eigenvalue weighted by Gasteiger charge is -2.41. The molecule has 26 heavy (non-hydrogen) atoms. The van der Waals surface area contributed by atoms with E-state index < -0.39 is 0 Å². The van der Waals surface area contributed by atoms with Crippen molar-refractivity contribution in [2.24, 2.45) is 11.3 Å². The van der Waals surface area contributed by atoms with Gasteiger partial charge in [-0.1, -0.05) is 19.3 Å². The molecule has 142 valence electrons. The molecule has 2 amide bonds. The Labute approximate surface area is 155 Å². The van der Waals surface area contributed by atoms with Crippen LogP contribution in [0.3, 0.4) is 0 Å². The predicted molar refractivity (Wildman–Crippen MR) is 98.8 cm³/mol. The van der Waals surface area contributed by atoms with Crippen molar-refractivity contribution in [1.29, 1.82) is 0 Å². The second-order valence-electron chi connectivity index (χ2n) is 8.51. The van der Waals surface area contributed by atoms with Crippen molar-refractivity contribution in [3.63, 3.8) is 0 Å². The number of hydrogen-bond donors (Lipinski definition) is 0. The third-order valence-electron chi connectivity index (χ3n) is 6.76. The van der Waals surface area contributed by atoms with Crippen molar-refractivity contribution >= 4 is 11.8 Å². The smallest absolute Gasteiger partial charge is 0.257 e. The Morgan fingerprint density at radius 2 is 2.00 bits per heavy atom. The zero-order valence-electron chi connectivity index (χ0n) is 15.8. The molecule has 1 saturated carbocycles. The number of carbonyl (C=O) groups is 2. The number of aryl methyl sites for hydroxylation is 1. The molecule has 1 aliphatic carbocycles. The summed E-state index contributed by atoms with van der Waals surface area (Å²) >= 11 is 0. The average Bonchev–Trinajstić information content (AvgIpc) is 3.27. The maximum atomic E-state index is 13.3. The average molecular weight is 358 g/mol. The van der Waals surface area contributed by atoms with Crippen LogP contribution in [0.5, 0.6) is 0 Å². The third kappa shape index (κ3) is 3.17. The summed E-state index contributed by atoms with van der Waals surface area (Å²) in [5.41, 5.74) is 0.282. The van der Waals surface area contributed by atoms with Crippen LogP contribution in [0.25, 0.3) is 0 Å². The first-order chi connectivity index (χ1) is 12.6. The molecule has 0 bridgehead atoms. The molecule has 3 aliphatic rings. The number of furan rings is 1. The molecule has 1 aromatic heterocycles. The van der Waals surface area contributed by atoms with Gasteiger partial charge in [0.15, 0.2) is 0 Å². The third-order valence-corrected chi connectivity index (χ3v) is 6.76. The number of piperidine rings is 1. The number of nitrogens with zero attached hydrogens (tertiary/aromatic N) is 2. The molecule has 5 heteroatoms. The zero-order valence-corrected chi connectivity index (χ0v) is 15.8. The molecule has 5 nitrogen and oxygen atoms in total. The van der Waals surface area contributed by atoms with Gasteiger partial charge in [0.05, 0.1) is 17.2 Å². The normalized spacial score (nSPS) is 27.5. The quantitative estimate of drug-likeness (QED) is 0.829. The Hall–Kier alpha value is -1.78. The van der Waals surface area contributed by atoms with Crippen molar-refractivity contribution in [3.8, 4) is 0 Å². The molecule has 0 radical (unpaired) electrons. The number of likely N-dealkylation sites (tertiary alicyclic amines) is 2. The minimum absolute atomic E-state index is 0.00493. The van der Waals surface area contributed by atoms with Crippen molar-refractivity contribution < 1.29 is 14.0 Å². The number of amides is 2. The summed E-state index contributed by atoms with van der Waals surface area (Å²) in [4.78, 5) is 30.1. The van der Waals surface area contributed by atoms with Gasteiger partial charge in [0.1, 0.15) is 5.76 Å². The van der Waals surface area contributed by atoms with E-state index in [1.165, 1.54) is 32.1 Å². The van der Waals surface area contributed by atoms with E-state index in [4.69, 9.17) is 4.42 Å². The van der Waals surface area contributed by atoms with E-state index in [0.717, 1.165) is 32.4 Å². The monoisotopic (exact) mass is 358 g/mol. The Kier molecular flexibility index (Phi) is 4.80. The SMILES string of the molecule is Cc1occc1C(=O)N1CC[C@@]2(CCCN(CC3CCCCC3)C2=O)C1. The van der Waals surface area contributed by atoms with Gasteiger partial charge in [0.25, 0.3) is 5.91 Å². The van der Waals surface area contributed by atoms with Gasteiger partial charge in [0, 0.05) is 26.2 Å². The summed E-state index contributed by atoms with van der Waals surface area (Å²) in [6.45, 7) is 4.88. The maximum Gasteiger partial charge on any atom is 0.257 e. The van der Waals surface area contributed by atoms with Crippen LogP contribution >= 0.6 is 0 Å². The second-order valence-corrected chi connectivity index (χ2v) is 8.51. The highest BCUT2D eigenvalue weighted by atomic mass is 16.3. The van der Waals surface area contributed by atoms with Gasteiger partial charge in [-0.25, -0.2) is 0 Å². The molecular formula is C21H30N2O3. The number of rotatable bonds is 3. The van der Waals surface area contributed by atoms with Crippen LogP contribution in [-0.2, 0) is 4.79 Å². The van der Waals surface area contributed by atoms with Gasteiger partial charge >= 0.3 is 0 Å². The molecule has 2 saturated heterocycles. The fourth-order valence-electron chi connectivity index (χ4n) is 5.21. The van der Waals surface area contributed by atoms with E-state index in [1.54, 1.807) is 12.3 Å². The number of hydrogen-bond acceptors (Lipinski definition) is 3. The molecule has 0 aromatic carbocycles. The minimum atomic E-state index is -0.347. The summed E-state index contributed by atoms with van der Waals surface area (Å²) in [7, 11) is 0. The van der Waals surface area contributed by atoms with Crippen molar-refractivity contribution in [2.75, 3.05) is 26.2 Å². The molecule has 1 spiro atoms. The first kappa shape index (κ1) is 17.6. The highest BCUT2D eigenvalue weighted by Crippen LogP contribution is 2.41. The first-order valence-corrected chi connectivity index (χ1v) is 10.2. The van der Waals surface area contributed by atoms with Crippen LogP contribution in [0.1, 0.15) is 67.5 Å². The summed E-state index contributed by atoms with van der Waals surface area (Å²) in [5.74, 6) is 1.64. The Bertz CT molecular complexity index is 677. The summed E-state index contributed by atoms with van der Waals surface area (Å²) in [5, 5.41) is 0. The molecule has 4 rings (SSSR count). The molecule has 2 aliphatic heterocycles. The number of carbonyl (C=O) groups excluding carboxylic acids is 2. The van der Waals surface area contributed by atoms with E-state index in [0.29, 0.717) is 36.2 Å². The predicted octanol–water partition coefficient (Wildman–Crippen LogP) is 3.62. The van der Waals surface area contributed by atoms with Crippen LogP contribution in [0.2, 0.25) is 0 Å². The summed E-state index contributed by atoms with van der Waals surface area (Å²) < 4.78 is 5.28. The van der Waals surface area contributed by atoms with Gasteiger partial charge in [-0.2, -0.15) is 0 Å². The van der Waals surface area contributed by atoms with E-state index in [-0.39, 0.29) is 11.3 Å². The van der Waals surface area contributed by atoms with Gasteiger partial charge < -0.3 is 14.2 Å². The molecule has 0 unspecified atom stereocenters. The fraction of sp³-hybridized carbons (Fsp3) is 0.714. The Morgan fingerprint density at radius 1 is 1.19 bits per heavy atom. The highest BCUT2D eigenvalue weighted by molar-refractivity contribution is 5.96. The lowest BCUT2D eigenvalue weighted by Crippen LogP contribution is -2.51. The van der Waals surface area contributed by atoms with Crippen molar-refractivity contribution in [2.45, 2.75) is 58.3 Å².